The SMILES string of the molecule is C=C(N=O)C(=O)OO. The van der Waals surface area contributed by atoms with E-state index >= 15 is 0 Å². The van der Waals surface area contributed by atoms with Crippen LogP contribution in [-0.4, -0.2) is 11.2 Å². The molecule has 0 aromatic rings. The fourth-order valence-corrected chi connectivity index (χ4v) is 0.0900. The Balaban J connectivity index is 3.82. The molecule has 0 aliphatic rings. The maximum Gasteiger partial charge on any atom is 0.393 e. The lowest BCUT2D eigenvalue weighted by Crippen LogP contribution is -2.00. The minimum Gasteiger partial charge on any atom is -0.294 e. The van der Waals surface area contributed by atoms with Crippen molar-refractivity contribution in [3.05, 3.63) is 17.2 Å². The predicted molar refractivity (Wildman–Crippen MR) is 23.7 cm³/mol. The normalized spacial score (nSPS) is 7.62. The van der Waals surface area contributed by atoms with E-state index in [0.29, 0.717) is 0 Å². The molecule has 0 aromatic heterocycles. The molecule has 0 aromatic carbocycles. The van der Waals surface area contributed by atoms with Gasteiger partial charge in [0.2, 0.25) is 0 Å². The highest BCUT2D eigenvalue weighted by atomic mass is 17.1. The van der Waals surface area contributed by atoms with Crippen LogP contribution >= 0.6 is 0 Å². The molecule has 0 bridgehead atoms. The molecule has 0 atom stereocenters. The minimum atomic E-state index is -1.24. The molecule has 0 heterocycles. The number of carbonyl (C=O) groups excluding carboxylic acids is 1. The van der Waals surface area contributed by atoms with Gasteiger partial charge in [-0.05, 0) is 5.18 Å². The molecule has 5 heteroatoms. The Labute approximate surface area is 44.5 Å². The van der Waals surface area contributed by atoms with Crippen LogP contribution in [0.25, 0.3) is 0 Å². The van der Waals surface area contributed by atoms with Crippen molar-refractivity contribution in [2.45, 2.75) is 0 Å². The van der Waals surface area contributed by atoms with Crippen molar-refractivity contribution in [2.24, 2.45) is 5.18 Å². The first-order valence-corrected chi connectivity index (χ1v) is 1.60. The zero-order valence-corrected chi connectivity index (χ0v) is 3.83. The van der Waals surface area contributed by atoms with Gasteiger partial charge in [0, 0.05) is 0 Å². The van der Waals surface area contributed by atoms with Gasteiger partial charge < -0.3 is 0 Å². The summed E-state index contributed by atoms with van der Waals surface area (Å²) in [5, 5.41) is 9.61. The lowest BCUT2D eigenvalue weighted by molar-refractivity contribution is -0.229. The molecule has 0 amide bonds. The molecular weight excluding hydrogens is 114 g/mol. The first-order valence-electron chi connectivity index (χ1n) is 1.60. The summed E-state index contributed by atoms with van der Waals surface area (Å²) in [7, 11) is 0. The van der Waals surface area contributed by atoms with E-state index in [1.165, 1.54) is 0 Å². The molecule has 1 N–H and O–H groups in total. The Morgan fingerprint density at radius 2 is 2.25 bits per heavy atom. The highest BCUT2D eigenvalue weighted by Gasteiger charge is 2.06. The zero-order chi connectivity index (χ0) is 6.57. The lowest BCUT2D eigenvalue weighted by atomic mass is 10.5. The first kappa shape index (κ1) is 6.77. The van der Waals surface area contributed by atoms with Crippen molar-refractivity contribution in [1.29, 1.82) is 0 Å². The average Bonchev–Trinajstić information content (AvgIpc) is 1.84. The highest BCUT2D eigenvalue weighted by molar-refractivity contribution is 5.86. The van der Waals surface area contributed by atoms with Gasteiger partial charge >= 0.3 is 5.97 Å². The second kappa shape index (κ2) is 2.86. The van der Waals surface area contributed by atoms with Crippen molar-refractivity contribution >= 4 is 5.97 Å². The van der Waals surface area contributed by atoms with Crippen LogP contribution in [0.15, 0.2) is 17.5 Å². The maximum absolute atomic E-state index is 9.88. The van der Waals surface area contributed by atoms with E-state index in [1.807, 2.05) is 0 Å². The van der Waals surface area contributed by atoms with Gasteiger partial charge in [-0.15, -0.1) is 4.91 Å². The average molecular weight is 117 g/mol. The monoisotopic (exact) mass is 117 g/mol. The van der Waals surface area contributed by atoms with E-state index < -0.39 is 11.7 Å². The first-order chi connectivity index (χ1) is 3.72. The summed E-state index contributed by atoms with van der Waals surface area (Å²) in [6.45, 7) is 2.83. The van der Waals surface area contributed by atoms with E-state index in [9.17, 15) is 9.70 Å². The molecule has 44 valence electrons. The van der Waals surface area contributed by atoms with Gasteiger partial charge in [0.05, 0.1) is 0 Å². The second-order valence-corrected chi connectivity index (χ2v) is 0.917. The topological polar surface area (TPSA) is 76.0 Å². The summed E-state index contributed by atoms with van der Waals surface area (Å²) >= 11 is 0. The van der Waals surface area contributed by atoms with Gasteiger partial charge in [-0.25, -0.2) is 4.79 Å². The van der Waals surface area contributed by atoms with Gasteiger partial charge in [0.15, 0.2) is 5.70 Å². The number of carbonyl (C=O) groups is 1. The summed E-state index contributed by atoms with van der Waals surface area (Å²) in [5.41, 5.74) is -0.660. The summed E-state index contributed by atoms with van der Waals surface area (Å²) in [4.78, 5) is 22.3. The molecule has 0 aliphatic heterocycles. The molecule has 5 nitrogen and oxygen atoms in total. The van der Waals surface area contributed by atoms with Crippen LogP contribution in [0, 0.1) is 4.91 Å². The number of nitroso groups, excluding NO2 is 1. The highest BCUT2D eigenvalue weighted by Crippen LogP contribution is 1.91. The fourth-order valence-electron chi connectivity index (χ4n) is 0.0900. The van der Waals surface area contributed by atoms with E-state index in [2.05, 4.69) is 16.6 Å². The second-order valence-electron chi connectivity index (χ2n) is 0.917. The molecule has 0 saturated heterocycles. The summed E-state index contributed by atoms with van der Waals surface area (Å²) < 4.78 is 0. The quantitative estimate of drug-likeness (QED) is 0.244. The summed E-state index contributed by atoms with van der Waals surface area (Å²) in [5.74, 6) is -1.24. The molecule has 0 spiro atoms. The minimum absolute atomic E-state index is 0.660. The number of hydrogen-bond acceptors (Lipinski definition) is 5. The number of nitrogens with zero attached hydrogens (tertiary/aromatic N) is 1. The largest absolute Gasteiger partial charge is 0.393 e. The van der Waals surface area contributed by atoms with E-state index in [-0.39, 0.29) is 0 Å². The molecule has 0 unspecified atom stereocenters. The van der Waals surface area contributed by atoms with Crippen LogP contribution in [0.1, 0.15) is 0 Å². The van der Waals surface area contributed by atoms with Gasteiger partial charge in [0.1, 0.15) is 0 Å². The molecule has 0 rings (SSSR count). The van der Waals surface area contributed by atoms with Crippen LogP contribution in [0.2, 0.25) is 0 Å². The van der Waals surface area contributed by atoms with Crippen LogP contribution in [0.3, 0.4) is 0 Å². The van der Waals surface area contributed by atoms with Crippen LogP contribution in [0.5, 0.6) is 0 Å². The van der Waals surface area contributed by atoms with E-state index in [1.54, 1.807) is 0 Å². The molecule has 0 aliphatic carbocycles. The van der Waals surface area contributed by atoms with Crippen molar-refractivity contribution in [1.82, 2.24) is 0 Å². The standard InChI is InChI=1S/C3H3NO4/c1-2(4-6)3(5)8-7/h7H,1H2. The number of rotatable bonds is 2. The predicted octanol–water partition coefficient (Wildman–Crippen LogP) is 0.283. The third-order valence-corrected chi connectivity index (χ3v) is 0.429. The van der Waals surface area contributed by atoms with Crippen LogP contribution < -0.4 is 0 Å². The van der Waals surface area contributed by atoms with E-state index in [0.717, 1.165) is 0 Å². The Morgan fingerprint density at radius 1 is 1.75 bits per heavy atom. The third-order valence-electron chi connectivity index (χ3n) is 0.429. The van der Waals surface area contributed by atoms with E-state index in [4.69, 9.17) is 5.26 Å². The third kappa shape index (κ3) is 1.48. The van der Waals surface area contributed by atoms with Gasteiger partial charge in [-0.1, -0.05) is 6.58 Å². The van der Waals surface area contributed by atoms with Crippen LogP contribution in [0.4, 0.5) is 0 Å². The Morgan fingerprint density at radius 3 is 2.38 bits per heavy atom. The molecular formula is C3H3NO4. The van der Waals surface area contributed by atoms with Gasteiger partial charge in [-0.3, -0.25) is 4.89 Å². The van der Waals surface area contributed by atoms with Gasteiger partial charge in [-0.2, -0.15) is 5.26 Å². The Bertz CT molecular complexity index is 129. The maximum atomic E-state index is 9.88. The summed E-state index contributed by atoms with van der Waals surface area (Å²) in [6.07, 6.45) is 0. The summed E-state index contributed by atoms with van der Waals surface area (Å²) in [6, 6.07) is 0. The van der Waals surface area contributed by atoms with Gasteiger partial charge in [0.25, 0.3) is 0 Å². The molecule has 0 radical (unpaired) electrons. The smallest absolute Gasteiger partial charge is 0.294 e. The van der Waals surface area contributed by atoms with Crippen molar-refractivity contribution < 1.29 is 14.9 Å². The Kier molecular flexibility index (Phi) is 2.42. The molecule has 8 heavy (non-hydrogen) atoms. The molecule has 0 saturated carbocycles. The lowest BCUT2D eigenvalue weighted by Gasteiger charge is -1.85. The number of hydrogen-bond donors (Lipinski definition) is 1. The molecule has 0 fully saturated rings. The van der Waals surface area contributed by atoms with Crippen LogP contribution in [-0.2, 0) is 9.68 Å². The van der Waals surface area contributed by atoms with Crippen molar-refractivity contribution in [3.63, 3.8) is 0 Å². The van der Waals surface area contributed by atoms with Crippen molar-refractivity contribution in [2.75, 3.05) is 0 Å². The fraction of sp³-hybridized carbons (Fsp3) is 0. The Hall–Kier alpha value is -1.23. The van der Waals surface area contributed by atoms with Crippen molar-refractivity contribution in [3.8, 4) is 0 Å². The zero-order valence-electron chi connectivity index (χ0n) is 3.83.